The van der Waals surface area contributed by atoms with Gasteiger partial charge in [-0.25, -0.2) is 4.98 Å². The second kappa shape index (κ2) is 5.30. The first-order valence-corrected chi connectivity index (χ1v) is 8.61. The monoisotopic (exact) mass is 339 g/mol. The van der Waals surface area contributed by atoms with Crippen molar-refractivity contribution in [2.24, 2.45) is 0 Å². The van der Waals surface area contributed by atoms with Gasteiger partial charge in [-0.15, -0.1) is 0 Å². The van der Waals surface area contributed by atoms with Gasteiger partial charge in [0.2, 0.25) is 5.91 Å². The number of carbonyl (C=O) groups is 1. The zero-order valence-electron chi connectivity index (χ0n) is 14.6. The van der Waals surface area contributed by atoms with Crippen LogP contribution in [0, 0.1) is 0 Å². The van der Waals surface area contributed by atoms with Gasteiger partial charge in [0.15, 0.2) is 0 Å². The molecule has 4 aromatic rings. The lowest BCUT2D eigenvalue weighted by molar-refractivity contribution is -0.114. The van der Waals surface area contributed by atoms with E-state index in [-0.39, 0.29) is 5.91 Å². The Hall–Kier alpha value is -3.40. The minimum atomic E-state index is -0.0753. The van der Waals surface area contributed by atoms with Crippen molar-refractivity contribution in [1.82, 2.24) is 4.98 Å². The molecule has 5 rings (SSSR count). The SMILES string of the molecule is CC(=O)Nc1ccc2nc3c4c(cccc4c2c1)N(C)c1ccccc1-3. The quantitative estimate of drug-likeness (QED) is 0.491. The second-order valence-electron chi connectivity index (χ2n) is 6.65. The predicted octanol–water partition coefficient (Wildman–Crippen LogP) is 5.09. The molecule has 126 valence electrons. The number of nitrogens with zero attached hydrogens (tertiary/aromatic N) is 2. The van der Waals surface area contributed by atoms with Crippen LogP contribution >= 0.6 is 0 Å². The first kappa shape index (κ1) is 14.9. The smallest absolute Gasteiger partial charge is 0.221 e. The Morgan fingerprint density at radius 3 is 2.62 bits per heavy atom. The molecule has 1 aliphatic rings. The summed E-state index contributed by atoms with van der Waals surface area (Å²) in [4.78, 5) is 18.6. The summed E-state index contributed by atoms with van der Waals surface area (Å²) in [5.41, 5.74) is 6.19. The summed E-state index contributed by atoms with van der Waals surface area (Å²) in [6, 6.07) is 20.6. The van der Waals surface area contributed by atoms with Crippen LogP contribution in [0.3, 0.4) is 0 Å². The van der Waals surface area contributed by atoms with Crippen molar-refractivity contribution < 1.29 is 4.79 Å². The van der Waals surface area contributed by atoms with Gasteiger partial charge < -0.3 is 10.2 Å². The van der Waals surface area contributed by atoms with Crippen LogP contribution in [0.4, 0.5) is 17.1 Å². The number of para-hydroxylation sites is 1. The van der Waals surface area contributed by atoms with Crippen molar-refractivity contribution in [2.75, 3.05) is 17.3 Å². The van der Waals surface area contributed by atoms with Gasteiger partial charge in [0, 0.05) is 36.0 Å². The van der Waals surface area contributed by atoms with Gasteiger partial charge in [-0.1, -0.05) is 30.3 Å². The lowest BCUT2D eigenvalue weighted by Gasteiger charge is -2.30. The normalized spacial score (nSPS) is 12.3. The molecule has 1 aliphatic heterocycles. The minimum Gasteiger partial charge on any atom is -0.343 e. The highest BCUT2D eigenvalue weighted by Crippen LogP contribution is 2.47. The van der Waals surface area contributed by atoms with Gasteiger partial charge in [-0.2, -0.15) is 0 Å². The van der Waals surface area contributed by atoms with Crippen molar-refractivity contribution >= 4 is 44.6 Å². The number of hydrogen-bond acceptors (Lipinski definition) is 3. The van der Waals surface area contributed by atoms with Gasteiger partial charge >= 0.3 is 0 Å². The number of amides is 1. The first-order chi connectivity index (χ1) is 12.6. The molecule has 3 aromatic carbocycles. The molecule has 1 amide bonds. The van der Waals surface area contributed by atoms with Gasteiger partial charge in [-0.3, -0.25) is 4.79 Å². The summed E-state index contributed by atoms with van der Waals surface area (Å²) in [6.07, 6.45) is 0. The average molecular weight is 339 g/mol. The van der Waals surface area contributed by atoms with Crippen molar-refractivity contribution in [3.8, 4) is 11.3 Å². The largest absolute Gasteiger partial charge is 0.343 e. The van der Waals surface area contributed by atoms with Crippen LogP contribution < -0.4 is 10.2 Å². The van der Waals surface area contributed by atoms with E-state index in [1.165, 1.54) is 6.92 Å². The number of fused-ring (bicyclic) bond motifs is 4. The Kier molecular flexibility index (Phi) is 3.04. The van der Waals surface area contributed by atoms with E-state index in [1.807, 2.05) is 18.2 Å². The molecule has 4 heteroatoms. The Balaban J connectivity index is 1.91. The van der Waals surface area contributed by atoms with E-state index in [4.69, 9.17) is 4.98 Å². The van der Waals surface area contributed by atoms with Gasteiger partial charge in [0.25, 0.3) is 0 Å². The van der Waals surface area contributed by atoms with Crippen molar-refractivity contribution in [3.63, 3.8) is 0 Å². The number of nitrogens with one attached hydrogen (secondary N) is 1. The van der Waals surface area contributed by atoms with Gasteiger partial charge in [0.05, 0.1) is 22.6 Å². The molecule has 0 atom stereocenters. The van der Waals surface area contributed by atoms with Crippen LogP contribution in [0.15, 0.2) is 60.7 Å². The summed E-state index contributed by atoms with van der Waals surface area (Å²) in [5.74, 6) is -0.0753. The number of anilines is 3. The third kappa shape index (κ3) is 2.02. The van der Waals surface area contributed by atoms with Crippen molar-refractivity contribution in [3.05, 3.63) is 60.7 Å². The fraction of sp³-hybridized carbons (Fsp3) is 0.0909. The van der Waals surface area contributed by atoms with Gasteiger partial charge in [-0.05, 0) is 35.7 Å². The molecule has 1 N–H and O–H groups in total. The summed E-state index contributed by atoms with van der Waals surface area (Å²) in [7, 11) is 2.09. The molecule has 0 fully saturated rings. The molecule has 26 heavy (non-hydrogen) atoms. The number of aromatic nitrogens is 1. The first-order valence-electron chi connectivity index (χ1n) is 8.61. The molecule has 0 bridgehead atoms. The highest BCUT2D eigenvalue weighted by molar-refractivity contribution is 6.19. The zero-order valence-corrected chi connectivity index (χ0v) is 14.6. The Morgan fingerprint density at radius 2 is 1.77 bits per heavy atom. The van der Waals surface area contributed by atoms with Crippen LogP contribution in [0.2, 0.25) is 0 Å². The van der Waals surface area contributed by atoms with Gasteiger partial charge in [0.1, 0.15) is 0 Å². The Morgan fingerprint density at radius 1 is 0.962 bits per heavy atom. The molecular formula is C22H17N3O. The summed E-state index contributed by atoms with van der Waals surface area (Å²) >= 11 is 0. The highest BCUT2D eigenvalue weighted by atomic mass is 16.1. The number of rotatable bonds is 1. The molecule has 2 heterocycles. The Bertz CT molecular complexity index is 1210. The molecule has 0 aliphatic carbocycles. The standard InChI is InChI=1S/C22H17N3O/c1-13(26)23-14-10-11-18-17(12-14)15-7-5-9-20-21(15)22(24-18)16-6-3-4-8-19(16)25(20)2/h3-12H,1-2H3,(H,23,26). The summed E-state index contributed by atoms with van der Waals surface area (Å²) < 4.78 is 0. The van der Waals surface area contributed by atoms with Crippen LogP contribution in [0.1, 0.15) is 6.92 Å². The van der Waals surface area contributed by atoms with Crippen LogP contribution in [0.25, 0.3) is 32.9 Å². The highest BCUT2D eigenvalue weighted by Gasteiger charge is 2.24. The molecule has 4 nitrogen and oxygen atoms in total. The van der Waals surface area contributed by atoms with Crippen molar-refractivity contribution in [1.29, 1.82) is 0 Å². The van der Waals surface area contributed by atoms with E-state index in [2.05, 4.69) is 59.7 Å². The van der Waals surface area contributed by atoms with E-state index in [0.717, 1.165) is 50.0 Å². The number of carbonyl (C=O) groups excluding carboxylic acids is 1. The fourth-order valence-electron chi connectivity index (χ4n) is 3.89. The molecule has 0 radical (unpaired) electrons. The van der Waals surface area contributed by atoms with Crippen molar-refractivity contribution in [2.45, 2.75) is 6.92 Å². The molecule has 0 saturated carbocycles. The van der Waals surface area contributed by atoms with E-state index in [0.29, 0.717) is 0 Å². The maximum Gasteiger partial charge on any atom is 0.221 e. The second-order valence-corrected chi connectivity index (χ2v) is 6.65. The van der Waals surface area contributed by atoms with E-state index in [1.54, 1.807) is 0 Å². The third-order valence-corrected chi connectivity index (χ3v) is 5.00. The third-order valence-electron chi connectivity index (χ3n) is 5.00. The lowest BCUT2D eigenvalue weighted by atomic mass is 9.93. The molecule has 0 spiro atoms. The number of benzene rings is 3. The summed E-state index contributed by atoms with van der Waals surface area (Å²) in [5, 5.41) is 6.22. The maximum absolute atomic E-state index is 11.4. The summed E-state index contributed by atoms with van der Waals surface area (Å²) in [6.45, 7) is 1.52. The molecule has 1 aromatic heterocycles. The molecule has 0 saturated heterocycles. The van der Waals surface area contributed by atoms with Crippen LogP contribution in [-0.4, -0.2) is 17.9 Å². The topological polar surface area (TPSA) is 45.2 Å². The average Bonchev–Trinajstić information content (AvgIpc) is 2.65. The maximum atomic E-state index is 11.4. The molecular weight excluding hydrogens is 322 g/mol. The Labute approximate surface area is 151 Å². The fourth-order valence-corrected chi connectivity index (χ4v) is 3.89. The zero-order chi connectivity index (χ0) is 17.8. The predicted molar refractivity (Wildman–Crippen MR) is 107 cm³/mol. The number of hydrogen-bond donors (Lipinski definition) is 1. The van der Waals surface area contributed by atoms with Crippen LogP contribution in [-0.2, 0) is 4.79 Å². The number of pyridine rings is 1. The molecule has 0 unspecified atom stereocenters. The van der Waals surface area contributed by atoms with Crippen LogP contribution in [0.5, 0.6) is 0 Å². The van der Waals surface area contributed by atoms with E-state index >= 15 is 0 Å². The van der Waals surface area contributed by atoms with E-state index < -0.39 is 0 Å². The minimum absolute atomic E-state index is 0.0753. The lowest BCUT2D eigenvalue weighted by Crippen LogP contribution is -2.15. The van der Waals surface area contributed by atoms with E-state index in [9.17, 15) is 4.79 Å².